The van der Waals surface area contributed by atoms with Gasteiger partial charge in [0, 0.05) is 39.1 Å². The van der Waals surface area contributed by atoms with Gasteiger partial charge in [-0.3, -0.25) is 0 Å². The predicted molar refractivity (Wildman–Crippen MR) is 223 cm³/mol. The van der Waals surface area contributed by atoms with E-state index in [4.69, 9.17) is 4.42 Å². The molecular weight excluding hydrogens is 655 g/mol. The monoisotopic (exact) mass is 695 g/mol. The zero-order valence-electron chi connectivity index (χ0n) is 30.3. The number of nitrogens with zero attached hydrogens (tertiary/aromatic N) is 1. The fraction of sp³-hybridized carbons (Fsp3) is 0.192. The van der Waals surface area contributed by atoms with E-state index in [-0.39, 0.29) is 5.41 Å². The van der Waals surface area contributed by atoms with Crippen molar-refractivity contribution in [3.63, 3.8) is 0 Å². The summed E-state index contributed by atoms with van der Waals surface area (Å²) in [7, 11) is 0. The highest BCUT2D eigenvalue weighted by Crippen LogP contribution is 2.70. The average molecular weight is 696 g/mol. The van der Waals surface area contributed by atoms with Crippen LogP contribution in [0.3, 0.4) is 0 Å². The first kappa shape index (κ1) is 30.6. The van der Waals surface area contributed by atoms with Crippen LogP contribution in [0.5, 0.6) is 0 Å². The van der Waals surface area contributed by atoms with Crippen LogP contribution in [0.2, 0.25) is 0 Å². The Morgan fingerprint density at radius 3 is 1.91 bits per heavy atom. The second kappa shape index (κ2) is 11.6. The molecule has 54 heavy (non-hydrogen) atoms. The van der Waals surface area contributed by atoms with Crippen molar-refractivity contribution in [3.05, 3.63) is 175 Å². The van der Waals surface area contributed by atoms with Crippen molar-refractivity contribution >= 4 is 39.0 Å². The van der Waals surface area contributed by atoms with Gasteiger partial charge in [0.05, 0.1) is 11.4 Å². The fourth-order valence-electron chi connectivity index (χ4n) is 12.0. The van der Waals surface area contributed by atoms with Crippen LogP contribution in [0.1, 0.15) is 43.2 Å². The van der Waals surface area contributed by atoms with Gasteiger partial charge in [-0.05, 0) is 126 Å². The number of hydrogen-bond donors (Lipinski definition) is 0. The van der Waals surface area contributed by atoms with Gasteiger partial charge >= 0.3 is 0 Å². The van der Waals surface area contributed by atoms with Crippen molar-refractivity contribution < 1.29 is 4.42 Å². The van der Waals surface area contributed by atoms with E-state index >= 15 is 0 Å². The Bertz CT molecular complexity index is 2710. The Kier molecular flexibility index (Phi) is 6.55. The Morgan fingerprint density at radius 1 is 0.444 bits per heavy atom. The quantitative estimate of drug-likeness (QED) is 0.178. The summed E-state index contributed by atoms with van der Waals surface area (Å²) in [6.07, 6.45) is 6.94. The summed E-state index contributed by atoms with van der Waals surface area (Å²) in [4.78, 5) is 2.55. The molecule has 5 aliphatic rings. The van der Waals surface area contributed by atoms with E-state index in [1.54, 1.807) is 11.1 Å². The highest BCUT2D eigenvalue weighted by atomic mass is 16.3. The second-order valence-corrected chi connectivity index (χ2v) is 16.5. The zero-order valence-corrected chi connectivity index (χ0v) is 30.3. The number of anilines is 3. The normalized spacial score (nSPS) is 23.3. The first-order valence-corrected chi connectivity index (χ1v) is 19.9. The molecule has 0 amide bonds. The predicted octanol–water partition coefficient (Wildman–Crippen LogP) is 14.1. The van der Waals surface area contributed by atoms with E-state index in [0.29, 0.717) is 11.8 Å². The van der Waals surface area contributed by atoms with E-state index in [1.165, 1.54) is 71.2 Å². The molecule has 13 rings (SSSR count). The van der Waals surface area contributed by atoms with E-state index in [9.17, 15) is 0 Å². The summed E-state index contributed by atoms with van der Waals surface area (Å²) in [5.74, 6) is 3.22. The summed E-state index contributed by atoms with van der Waals surface area (Å²) < 4.78 is 6.58. The van der Waals surface area contributed by atoms with Crippen LogP contribution < -0.4 is 4.90 Å². The molecule has 1 aromatic heterocycles. The molecule has 0 unspecified atom stereocenters. The molecular formula is C52H41NO. The molecule has 2 nitrogen and oxygen atoms in total. The highest BCUT2D eigenvalue weighted by molar-refractivity contribution is 6.07. The van der Waals surface area contributed by atoms with Gasteiger partial charge in [-0.1, -0.05) is 121 Å². The number of fused-ring (bicyclic) bond motifs is 6. The van der Waals surface area contributed by atoms with E-state index < -0.39 is 0 Å². The number of hydrogen-bond acceptors (Lipinski definition) is 2. The molecule has 4 saturated carbocycles. The lowest BCUT2D eigenvalue weighted by molar-refractivity contribution is -0.0399. The van der Waals surface area contributed by atoms with E-state index in [1.807, 2.05) is 0 Å². The van der Waals surface area contributed by atoms with Crippen molar-refractivity contribution in [3.8, 4) is 33.4 Å². The molecule has 0 radical (unpaired) electrons. The first-order chi connectivity index (χ1) is 26.7. The van der Waals surface area contributed by atoms with Crippen molar-refractivity contribution in [1.29, 1.82) is 0 Å². The third kappa shape index (κ3) is 4.28. The average Bonchev–Trinajstić information content (AvgIpc) is 3.74. The largest absolute Gasteiger partial charge is 0.456 e. The van der Waals surface area contributed by atoms with Crippen LogP contribution in [0.4, 0.5) is 17.1 Å². The molecule has 7 aromatic carbocycles. The molecule has 260 valence electrons. The number of benzene rings is 7. The van der Waals surface area contributed by atoms with Crippen LogP contribution in [-0.4, -0.2) is 0 Å². The van der Waals surface area contributed by atoms with Crippen LogP contribution in [0.15, 0.2) is 168 Å². The van der Waals surface area contributed by atoms with Gasteiger partial charge in [0.25, 0.3) is 0 Å². The van der Waals surface area contributed by atoms with Crippen molar-refractivity contribution in [2.24, 2.45) is 23.7 Å². The molecule has 0 aliphatic heterocycles. The molecule has 2 heteroatoms. The molecule has 5 aliphatic carbocycles. The minimum absolute atomic E-state index is 0.0865. The van der Waals surface area contributed by atoms with Crippen LogP contribution >= 0.6 is 0 Å². The molecule has 4 fully saturated rings. The Morgan fingerprint density at radius 2 is 1.11 bits per heavy atom. The maximum Gasteiger partial charge on any atom is 0.137 e. The number of para-hydroxylation sites is 1. The summed E-state index contributed by atoms with van der Waals surface area (Å²) in [5.41, 5.74) is 16.2. The van der Waals surface area contributed by atoms with Gasteiger partial charge in [0.1, 0.15) is 11.2 Å². The van der Waals surface area contributed by atoms with Gasteiger partial charge in [-0.2, -0.15) is 0 Å². The maximum absolute atomic E-state index is 6.58. The standard InChI is InChI=1S/C52H41NO/c1-3-12-35(13-4-1)37-22-25-47(44(31-37)36-14-5-2-6-15-36)53(40-23-24-42-41-16-8-10-21-49(41)54-50(42)32-40)48-20-11-19-46-51(48)43-17-7-9-18-45(43)52(46)38-27-33-26-34(29-38)30-39(52)28-33/h1-25,31-34,38-39H,26-30H2. The first-order valence-electron chi connectivity index (χ1n) is 19.9. The van der Waals surface area contributed by atoms with Crippen LogP contribution in [0.25, 0.3) is 55.3 Å². The number of furan rings is 1. The van der Waals surface area contributed by atoms with Crippen LogP contribution in [0, 0.1) is 23.7 Å². The lowest BCUT2D eigenvalue weighted by Gasteiger charge is -2.61. The summed E-state index contributed by atoms with van der Waals surface area (Å²) in [6, 6.07) is 60.8. The Labute approximate surface area is 316 Å². The second-order valence-electron chi connectivity index (χ2n) is 16.5. The third-order valence-electron chi connectivity index (χ3n) is 13.8. The highest BCUT2D eigenvalue weighted by Gasteiger charge is 2.61. The maximum atomic E-state index is 6.58. The molecule has 0 atom stereocenters. The van der Waals surface area contributed by atoms with Crippen LogP contribution in [-0.2, 0) is 5.41 Å². The smallest absolute Gasteiger partial charge is 0.137 e. The third-order valence-corrected chi connectivity index (χ3v) is 13.8. The fourth-order valence-corrected chi connectivity index (χ4v) is 12.0. The molecule has 0 N–H and O–H groups in total. The van der Waals surface area contributed by atoms with Crippen molar-refractivity contribution in [2.45, 2.75) is 37.5 Å². The molecule has 1 spiro atoms. The minimum Gasteiger partial charge on any atom is -0.456 e. The molecule has 1 heterocycles. The summed E-state index contributed by atoms with van der Waals surface area (Å²) >= 11 is 0. The molecule has 0 saturated heterocycles. The topological polar surface area (TPSA) is 16.4 Å². The Balaban J connectivity index is 1.14. The number of rotatable bonds is 5. The zero-order chi connectivity index (χ0) is 35.4. The SMILES string of the molecule is c1ccc(-c2ccc(N(c3ccc4c(c3)oc3ccccc34)c3cccc4c3-c3ccccc3C43C4CC5CC(C4)CC3C5)c(-c3ccccc3)c2)cc1. The van der Waals surface area contributed by atoms with Gasteiger partial charge in [-0.25, -0.2) is 0 Å². The molecule has 4 bridgehead atoms. The van der Waals surface area contributed by atoms with Crippen molar-refractivity contribution in [1.82, 2.24) is 0 Å². The van der Waals surface area contributed by atoms with E-state index in [0.717, 1.165) is 45.1 Å². The summed E-state index contributed by atoms with van der Waals surface area (Å²) in [5, 5.41) is 2.30. The lowest BCUT2D eigenvalue weighted by Crippen LogP contribution is -2.55. The summed E-state index contributed by atoms with van der Waals surface area (Å²) in [6.45, 7) is 0. The van der Waals surface area contributed by atoms with Gasteiger partial charge in [0.15, 0.2) is 0 Å². The molecule has 8 aromatic rings. The Hall–Kier alpha value is -5.86. The van der Waals surface area contributed by atoms with Gasteiger partial charge < -0.3 is 9.32 Å². The minimum atomic E-state index is 0.0865. The van der Waals surface area contributed by atoms with Crippen molar-refractivity contribution in [2.75, 3.05) is 4.90 Å². The van der Waals surface area contributed by atoms with Gasteiger partial charge in [-0.15, -0.1) is 0 Å². The lowest BCUT2D eigenvalue weighted by atomic mass is 9.43. The van der Waals surface area contributed by atoms with Gasteiger partial charge in [0.2, 0.25) is 0 Å². The van der Waals surface area contributed by atoms with E-state index in [2.05, 4.69) is 169 Å².